The molecule has 0 saturated carbocycles. The smallest absolute Gasteiger partial charge is 0.522 e. The van der Waals surface area contributed by atoms with Gasteiger partial charge in [-0.3, -0.25) is 9.69 Å². The van der Waals surface area contributed by atoms with E-state index in [1.807, 2.05) is 6.92 Å². The number of benzene rings is 1. The fraction of sp³-hybridized carbons (Fsp3) is 0.556. The van der Waals surface area contributed by atoms with E-state index in [-0.39, 0.29) is 35.0 Å². The molecule has 10 heteroatoms. The highest BCUT2D eigenvalue weighted by Crippen LogP contribution is 2.37. The van der Waals surface area contributed by atoms with Gasteiger partial charge >= 0.3 is 13.1 Å². The summed E-state index contributed by atoms with van der Waals surface area (Å²) in [5.41, 5.74) is 6.09. The number of carbonyl (C=O) groups is 2. The van der Waals surface area contributed by atoms with E-state index >= 15 is 0 Å². The van der Waals surface area contributed by atoms with Crippen LogP contribution in [0.3, 0.4) is 0 Å². The summed E-state index contributed by atoms with van der Waals surface area (Å²) >= 11 is 0. The Balaban J connectivity index is 1.58. The second-order valence-electron chi connectivity index (χ2n) is 7.28. The quantitative estimate of drug-likeness (QED) is 0.439. The van der Waals surface area contributed by atoms with Crippen LogP contribution in [-0.2, 0) is 11.2 Å². The molecule has 0 aromatic heterocycles. The highest BCUT2D eigenvalue weighted by Gasteiger charge is 2.34. The molecule has 2 heterocycles. The summed E-state index contributed by atoms with van der Waals surface area (Å²) in [5.74, 6) is -0.930. The maximum absolute atomic E-state index is 11.9. The van der Waals surface area contributed by atoms with Crippen LogP contribution in [0.15, 0.2) is 12.1 Å². The van der Waals surface area contributed by atoms with Gasteiger partial charge in [-0.1, -0.05) is 13.0 Å². The van der Waals surface area contributed by atoms with Gasteiger partial charge in [-0.25, -0.2) is 4.79 Å². The Kier molecular flexibility index (Phi) is 6.43. The number of likely N-dealkylation sites (tertiary alicyclic amines) is 1. The van der Waals surface area contributed by atoms with Gasteiger partial charge in [-0.2, -0.15) is 0 Å². The Morgan fingerprint density at radius 3 is 2.89 bits per heavy atom. The molecule has 1 fully saturated rings. The molecule has 2 aliphatic rings. The van der Waals surface area contributed by atoms with E-state index in [1.165, 1.54) is 0 Å². The molecule has 0 radical (unpaired) electrons. The summed E-state index contributed by atoms with van der Waals surface area (Å²) in [5, 5.41) is 22.1. The Morgan fingerprint density at radius 1 is 1.46 bits per heavy atom. The van der Waals surface area contributed by atoms with Crippen LogP contribution >= 0.6 is 0 Å². The first kappa shape index (κ1) is 20.4. The maximum atomic E-state index is 11.9. The summed E-state index contributed by atoms with van der Waals surface area (Å²) < 4.78 is 11.2. The highest BCUT2D eigenvalue weighted by molar-refractivity contribution is 6.44. The maximum Gasteiger partial charge on any atom is 0.522 e. The number of carbonyl (C=O) groups excluding carboxylic acids is 1. The molecular weight excluding hydrogens is 365 g/mol. The average Bonchev–Trinajstić information content (AvgIpc) is 2.63. The molecule has 152 valence electrons. The molecular formula is C18H26BN3O6. The lowest BCUT2D eigenvalue weighted by molar-refractivity contribution is -0.125. The first-order valence-corrected chi connectivity index (χ1v) is 9.49. The minimum atomic E-state index is -1.15. The van der Waals surface area contributed by atoms with E-state index in [4.69, 9.17) is 15.1 Å². The number of carboxylic acids is 1. The number of aryl methyl sites for hydroxylation is 1. The number of amides is 1. The van der Waals surface area contributed by atoms with Gasteiger partial charge in [0.1, 0.15) is 23.2 Å². The van der Waals surface area contributed by atoms with Gasteiger partial charge in [-0.15, -0.1) is 0 Å². The summed E-state index contributed by atoms with van der Waals surface area (Å²) in [6.45, 7) is 4.53. The fourth-order valence-corrected chi connectivity index (χ4v) is 3.48. The summed E-state index contributed by atoms with van der Waals surface area (Å²) in [4.78, 5) is 25.7. The molecule has 0 aliphatic carbocycles. The number of nitrogens with two attached hydrogens (primary N) is 1. The highest BCUT2D eigenvalue weighted by atomic mass is 16.5. The van der Waals surface area contributed by atoms with Crippen LogP contribution < -0.4 is 20.4 Å². The van der Waals surface area contributed by atoms with Crippen LogP contribution in [0.1, 0.15) is 22.8 Å². The lowest BCUT2D eigenvalue weighted by Crippen LogP contribution is -2.56. The zero-order valence-corrected chi connectivity index (χ0v) is 15.9. The van der Waals surface area contributed by atoms with Crippen LogP contribution in [0.5, 0.6) is 11.5 Å². The van der Waals surface area contributed by atoms with E-state index in [1.54, 1.807) is 12.1 Å². The van der Waals surface area contributed by atoms with Crippen molar-refractivity contribution in [1.82, 2.24) is 10.2 Å². The molecule has 1 aromatic rings. The number of ether oxygens (including phenoxy) is 1. The number of nitrogens with one attached hydrogen (secondary N) is 1. The monoisotopic (exact) mass is 391 g/mol. The topological polar surface area (TPSA) is 134 Å². The molecule has 1 aromatic carbocycles. The number of hydrogen-bond acceptors (Lipinski definition) is 7. The Labute approximate surface area is 163 Å². The average molecular weight is 391 g/mol. The molecule has 1 amide bonds. The number of nitrogens with zero attached hydrogens (tertiary/aromatic N) is 1. The largest absolute Gasteiger partial charge is 0.535 e. The molecule has 1 saturated heterocycles. The zero-order valence-electron chi connectivity index (χ0n) is 15.9. The Morgan fingerprint density at radius 2 is 2.21 bits per heavy atom. The van der Waals surface area contributed by atoms with Crippen LogP contribution in [0.25, 0.3) is 0 Å². The fourth-order valence-electron chi connectivity index (χ4n) is 3.48. The van der Waals surface area contributed by atoms with Crippen molar-refractivity contribution in [3.05, 3.63) is 23.3 Å². The van der Waals surface area contributed by atoms with Crippen LogP contribution in [0.2, 0.25) is 6.32 Å². The molecule has 0 bridgehead atoms. The molecule has 2 aliphatic heterocycles. The molecule has 0 unspecified atom stereocenters. The van der Waals surface area contributed by atoms with E-state index in [0.717, 1.165) is 5.56 Å². The SMILES string of the molecule is C[C@@H](CN1CC(Oc2ccc3c(c2C(=O)O)OB(O)CC3)C1)C(=O)NCCN. The van der Waals surface area contributed by atoms with E-state index in [0.29, 0.717) is 45.5 Å². The number of fused-ring (bicyclic) bond motifs is 1. The standard InChI is InChI=1S/C18H26BN3O6/c1-11(17(23)21-7-6-20)8-22-9-13(10-22)27-14-3-2-12-4-5-19(26)28-16(12)15(14)18(24)25/h2-3,11,13,26H,4-10,20H2,1H3,(H,21,23)(H,24,25)/t11-/m0/s1. The van der Waals surface area contributed by atoms with Gasteiger partial charge < -0.3 is 30.6 Å². The van der Waals surface area contributed by atoms with Crippen molar-refractivity contribution in [2.45, 2.75) is 25.8 Å². The van der Waals surface area contributed by atoms with Gasteiger partial charge in [0.15, 0.2) is 0 Å². The third-order valence-electron chi connectivity index (χ3n) is 4.97. The third kappa shape index (κ3) is 4.57. The van der Waals surface area contributed by atoms with Gasteiger partial charge in [0, 0.05) is 38.6 Å². The minimum absolute atomic E-state index is 0.0339. The predicted molar refractivity (Wildman–Crippen MR) is 103 cm³/mol. The molecule has 0 spiro atoms. The van der Waals surface area contributed by atoms with Crippen molar-refractivity contribution in [2.24, 2.45) is 11.7 Å². The number of rotatable bonds is 8. The minimum Gasteiger partial charge on any atom is -0.535 e. The first-order chi connectivity index (χ1) is 13.4. The third-order valence-corrected chi connectivity index (χ3v) is 4.97. The molecule has 28 heavy (non-hydrogen) atoms. The summed E-state index contributed by atoms with van der Waals surface area (Å²) in [6.07, 6.45) is 0.822. The zero-order chi connectivity index (χ0) is 20.3. The summed E-state index contributed by atoms with van der Waals surface area (Å²) in [7, 11) is -1.01. The van der Waals surface area contributed by atoms with E-state index < -0.39 is 13.1 Å². The van der Waals surface area contributed by atoms with Crippen molar-refractivity contribution >= 4 is 19.0 Å². The molecule has 5 N–H and O–H groups in total. The van der Waals surface area contributed by atoms with E-state index in [9.17, 15) is 19.7 Å². The van der Waals surface area contributed by atoms with Gasteiger partial charge in [0.25, 0.3) is 0 Å². The lowest BCUT2D eigenvalue weighted by Gasteiger charge is -2.40. The predicted octanol–water partition coefficient (Wildman–Crippen LogP) is -0.426. The number of carboxylic acid groups (broad SMARTS) is 1. The van der Waals surface area contributed by atoms with Crippen LogP contribution in [-0.4, -0.2) is 72.9 Å². The van der Waals surface area contributed by atoms with Crippen LogP contribution in [0.4, 0.5) is 0 Å². The second-order valence-corrected chi connectivity index (χ2v) is 7.28. The molecule has 1 atom stereocenters. The lowest BCUT2D eigenvalue weighted by atomic mass is 9.78. The van der Waals surface area contributed by atoms with Crippen molar-refractivity contribution in [2.75, 3.05) is 32.7 Å². The Bertz CT molecular complexity index is 740. The van der Waals surface area contributed by atoms with Crippen molar-refractivity contribution < 1.29 is 29.1 Å². The summed E-state index contributed by atoms with van der Waals surface area (Å²) in [6, 6.07) is 3.43. The van der Waals surface area contributed by atoms with Crippen molar-refractivity contribution in [3.8, 4) is 11.5 Å². The van der Waals surface area contributed by atoms with Gasteiger partial charge in [-0.05, 0) is 24.4 Å². The molecule has 9 nitrogen and oxygen atoms in total. The van der Waals surface area contributed by atoms with Crippen molar-refractivity contribution in [3.63, 3.8) is 0 Å². The second kappa shape index (κ2) is 8.81. The normalized spacial score (nSPS) is 17.9. The van der Waals surface area contributed by atoms with Gasteiger partial charge in [0.2, 0.25) is 5.91 Å². The first-order valence-electron chi connectivity index (χ1n) is 9.49. The Hall–Kier alpha value is -2.30. The number of aromatic carboxylic acids is 1. The van der Waals surface area contributed by atoms with Crippen LogP contribution in [0, 0.1) is 5.92 Å². The van der Waals surface area contributed by atoms with Gasteiger partial charge in [0.05, 0.1) is 0 Å². The van der Waals surface area contributed by atoms with E-state index in [2.05, 4.69) is 10.2 Å². The molecule has 3 rings (SSSR count). The number of hydrogen-bond donors (Lipinski definition) is 4. The van der Waals surface area contributed by atoms with Crippen molar-refractivity contribution in [1.29, 1.82) is 0 Å².